The second-order valence-corrected chi connectivity index (χ2v) is 6.37. The Morgan fingerprint density at radius 2 is 1.77 bits per heavy atom. The summed E-state index contributed by atoms with van der Waals surface area (Å²) in [6, 6.07) is 5.06. The molecule has 0 aromatic heterocycles. The third-order valence-corrected chi connectivity index (χ3v) is 3.10. The lowest BCUT2D eigenvalue weighted by Crippen LogP contribution is -2.44. The molecule has 0 radical (unpaired) electrons. The SMILES string of the molecule is COC(=O)C(CCOc1ccc(C(=O)C=O)cc1)NC(=O)OC(C)(C)C. The van der Waals surface area contributed by atoms with Crippen molar-refractivity contribution in [3.63, 3.8) is 0 Å². The van der Waals surface area contributed by atoms with Crippen LogP contribution in [-0.4, -0.2) is 49.5 Å². The van der Waals surface area contributed by atoms with Crippen molar-refractivity contribution in [2.45, 2.75) is 38.8 Å². The molecule has 1 N–H and O–H groups in total. The molecule has 0 saturated carbocycles. The predicted octanol–water partition coefficient (Wildman–Crippen LogP) is 1.90. The highest BCUT2D eigenvalue weighted by Gasteiger charge is 2.25. The van der Waals surface area contributed by atoms with E-state index in [1.807, 2.05) is 0 Å². The van der Waals surface area contributed by atoms with Gasteiger partial charge in [-0.2, -0.15) is 0 Å². The van der Waals surface area contributed by atoms with Crippen molar-refractivity contribution in [3.8, 4) is 5.75 Å². The first-order valence-electron chi connectivity index (χ1n) is 7.96. The van der Waals surface area contributed by atoms with Crippen LogP contribution in [0.5, 0.6) is 5.75 Å². The predicted molar refractivity (Wildman–Crippen MR) is 92.1 cm³/mol. The highest BCUT2D eigenvalue weighted by Crippen LogP contribution is 2.13. The molecule has 142 valence electrons. The van der Waals surface area contributed by atoms with Gasteiger partial charge in [0.05, 0.1) is 13.7 Å². The first-order valence-corrected chi connectivity index (χ1v) is 7.96. The zero-order valence-corrected chi connectivity index (χ0v) is 15.2. The van der Waals surface area contributed by atoms with Crippen molar-refractivity contribution in [2.24, 2.45) is 0 Å². The number of esters is 1. The van der Waals surface area contributed by atoms with Crippen molar-refractivity contribution < 1.29 is 33.4 Å². The van der Waals surface area contributed by atoms with E-state index in [1.165, 1.54) is 31.4 Å². The fraction of sp³-hybridized carbons (Fsp3) is 0.444. The third-order valence-electron chi connectivity index (χ3n) is 3.10. The number of nitrogens with one attached hydrogen (secondary N) is 1. The normalized spacial score (nSPS) is 11.8. The highest BCUT2D eigenvalue weighted by atomic mass is 16.6. The van der Waals surface area contributed by atoms with Gasteiger partial charge in [-0.05, 0) is 45.0 Å². The second kappa shape index (κ2) is 9.55. The van der Waals surface area contributed by atoms with E-state index < -0.39 is 29.5 Å². The van der Waals surface area contributed by atoms with Crippen LogP contribution >= 0.6 is 0 Å². The number of ketones is 1. The maximum Gasteiger partial charge on any atom is 0.408 e. The summed E-state index contributed by atoms with van der Waals surface area (Å²) < 4.78 is 15.3. The molecule has 0 aliphatic heterocycles. The van der Waals surface area contributed by atoms with Gasteiger partial charge >= 0.3 is 12.1 Å². The van der Waals surface area contributed by atoms with E-state index in [1.54, 1.807) is 20.8 Å². The summed E-state index contributed by atoms with van der Waals surface area (Å²) in [5, 5.41) is 2.44. The molecule has 0 spiro atoms. The van der Waals surface area contributed by atoms with Gasteiger partial charge in [0.1, 0.15) is 17.4 Å². The molecule has 1 aromatic carbocycles. The topological polar surface area (TPSA) is 108 Å². The first-order chi connectivity index (χ1) is 12.2. The van der Waals surface area contributed by atoms with E-state index in [-0.39, 0.29) is 24.9 Å². The zero-order chi connectivity index (χ0) is 19.7. The van der Waals surface area contributed by atoms with Crippen molar-refractivity contribution in [2.75, 3.05) is 13.7 Å². The van der Waals surface area contributed by atoms with E-state index in [9.17, 15) is 19.2 Å². The molecule has 1 rings (SSSR count). The average molecular weight is 365 g/mol. The lowest BCUT2D eigenvalue weighted by Gasteiger charge is -2.22. The Balaban J connectivity index is 2.59. The van der Waals surface area contributed by atoms with Gasteiger partial charge in [-0.3, -0.25) is 9.59 Å². The Labute approximate surface area is 151 Å². The molecule has 0 aliphatic carbocycles. The summed E-state index contributed by atoms with van der Waals surface area (Å²) in [5.41, 5.74) is -0.437. The maximum atomic E-state index is 11.8. The Hall–Kier alpha value is -2.90. The summed E-state index contributed by atoms with van der Waals surface area (Å²) in [4.78, 5) is 45.3. The molecule has 8 nitrogen and oxygen atoms in total. The lowest BCUT2D eigenvalue weighted by atomic mass is 10.1. The van der Waals surface area contributed by atoms with Crippen LogP contribution in [0.15, 0.2) is 24.3 Å². The van der Waals surface area contributed by atoms with Crippen LogP contribution in [0, 0.1) is 0 Å². The van der Waals surface area contributed by atoms with Crippen LogP contribution in [0.25, 0.3) is 0 Å². The monoisotopic (exact) mass is 365 g/mol. The largest absolute Gasteiger partial charge is 0.494 e. The smallest absolute Gasteiger partial charge is 0.408 e. The number of Topliss-reactive ketones (excluding diaryl/α,β-unsaturated/α-hetero) is 1. The van der Waals surface area contributed by atoms with Crippen molar-refractivity contribution in [3.05, 3.63) is 29.8 Å². The van der Waals surface area contributed by atoms with Gasteiger partial charge in [0.15, 0.2) is 6.29 Å². The summed E-state index contributed by atoms with van der Waals surface area (Å²) in [7, 11) is 1.22. The van der Waals surface area contributed by atoms with Crippen LogP contribution in [-0.2, 0) is 19.1 Å². The zero-order valence-electron chi connectivity index (χ0n) is 15.2. The third kappa shape index (κ3) is 7.33. The van der Waals surface area contributed by atoms with Crippen LogP contribution < -0.4 is 10.1 Å². The van der Waals surface area contributed by atoms with E-state index >= 15 is 0 Å². The van der Waals surface area contributed by atoms with E-state index in [2.05, 4.69) is 10.1 Å². The van der Waals surface area contributed by atoms with Crippen LogP contribution in [0.3, 0.4) is 0 Å². The summed E-state index contributed by atoms with van der Waals surface area (Å²) >= 11 is 0. The molecule has 0 heterocycles. The molecule has 1 amide bonds. The van der Waals surface area contributed by atoms with Gasteiger partial charge in [0.2, 0.25) is 5.78 Å². The Kier molecular flexibility index (Phi) is 7.77. The van der Waals surface area contributed by atoms with Gasteiger partial charge in [-0.15, -0.1) is 0 Å². The average Bonchev–Trinajstić information content (AvgIpc) is 2.58. The minimum atomic E-state index is -0.925. The molecular formula is C18H23NO7. The number of carbonyl (C=O) groups is 4. The van der Waals surface area contributed by atoms with Gasteiger partial charge in [0.25, 0.3) is 0 Å². The van der Waals surface area contributed by atoms with Crippen molar-refractivity contribution in [1.82, 2.24) is 5.32 Å². The fourth-order valence-electron chi connectivity index (χ4n) is 1.92. The summed E-state index contributed by atoms with van der Waals surface area (Å²) in [6.07, 6.45) is -0.343. The molecule has 1 unspecified atom stereocenters. The van der Waals surface area contributed by atoms with Gasteiger partial charge in [0, 0.05) is 12.0 Å². The number of hydrogen-bond acceptors (Lipinski definition) is 7. The minimum Gasteiger partial charge on any atom is -0.494 e. The Bertz CT molecular complexity index is 646. The van der Waals surface area contributed by atoms with E-state index in [0.29, 0.717) is 5.75 Å². The number of hydrogen-bond donors (Lipinski definition) is 1. The van der Waals surface area contributed by atoms with E-state index in [4.69, 9.17) is 9.47 Å². The number of rotatable bonds is 8. The molecule has 8 heteroatoms. The quantitative estimate of drug-likeness (QED) is 0.324. The molecule has 0 bridgehead atoms. The van der Waals surface area contributed by atoms with Crippen LogP contribution in [0.1, 0.15) is 37.6 Å². The number of aldehydes is 1. The maximum absolute atomic E-state index is 11.8. The number of amides is 1. The standard InChI is InChI=1S/C18H23NO7/c1-18(2,3)26-17(23)19-14(16(22)24-4)9-10-25-13-7-5-12(6-8-13)15(21)11-20/h5-8,11,14H,9-10H2,1-4H3,(H,19,23). The first kappa shape index (κ1) is 21.1. The van der Waals surface area contributed by atoms with E-state index in [0.717, 1.165) is 0 Å². The van der Waals surface area contributed by atoms with Gasteiger partial charge in [-0.1, -0.05) is 0 Å². The highest BCUT2D eigenvalue weighted by molar-refractivity contribution is 6.33. The number of methoxy groups -OCH3 is 1. The fourth-order valence-corrected chi connectivity index (χ4v) is 1.92. The van der Waals surface area contributed by atoms with Gasteiger partial charge < -0.3 is 19.5 Å². The minimum absolute atomic E-state index is 0.108. The molecule has 0 saturated heterocycles. The molecule has 1 aromatic rings. The molecular weight excluding hydrogens is 342 g/mol. The molecule has 0 aliphatic rings. The van der Waals surface area contributed by atoms with Crippen LogP contribution in [0.4, 0.5) is 4.79 Å². The Morgan fingerprint density at radius 1 is 1.15 bits per heavy atom. The number of carbonyl (C=O) groups excluding carboxylic acids is 4. The number of ether oxygens (including phenoxy) is 3. The Morgan fingerprint density at radius 3 is 2.27 bits per heavy atom. The van der Waals surface area contributed by atoms with Crippen LogP contribution in [0.2, 0.25) is 0 Å². The second-order valence-electron chi connectivity index (χ2n) is 6.37. The number of alkyl carbamates (subject to hydrolysis) is 1. The summed E-state index contributed by atoms with van der Waals surface area (Å²) in [6.45, 7) is 5.24. The molecule has 1 atom stereocenters. The summed E-state index contributed by atoms with van der Waals surface area (Å²) in [5.74, 6) is -0.788. The molecule has 26 heavy (non-hydrogen) atoms. The number of benzene rings is 1. The van der Waals surface area contributed by atoms with Crippen molar-refractivity contribution in [1.29, 1.82) is 0 Å². The van der Waals surface area contributed by atoms with Crippen molar-refractivity contribution >= 4 is 24.1 Å². The lowest BCUT2D eigenvalue weighted by molar-refractivity contribution is -0.143. The molecule has 0 fully saturated rings. The van der Waals surface area contributed by atoms with Gasteiger partial charge in [-0.25, -0.2) is 9.59 Å².